The van der Waals surface area contributed by atoms with Crippen LogP contribution in [0.2, 0.25) is 0 Å². The second kappa shape index (κ2) is 4.29. The van der Waals surface area contributed by atoms with E-state index in [0.29, 0.717) is 6.04 Å². The molecule has 3 rings (SSSR count). The predicted molar refractivity (Wildman–Crippen MR) is 71.1 cm³/mol. The zero-order valence-corrected chi connectivity index (χ0v) is 11.3. The first-order valence-corrected chi connectivity index (χ1v) is 6.81. The van der Waals surface area contributed by atoms with Crippen LogP contribution in [0.1, 0.15) is 26.2 Å². The third kappa shape index (κ3) is 2.04. The van der Waals surface area contributed by atoms with Gasteiger partial charge in [0.15, 0.2) is 5.65 Å². The minimum absolute atomic E-state index is 0.458. The van der Waals surface area contributed by atoms with Gasteiger partial charge in [0, 0.05) is 12.2 Å². The van der Waals surface area contributed by atoms with E-state index in [1.165, 1.54) is 19.3 Å². The topological polar surface area (TPSA) is 42.2 Å². The van der Waals surface area contributed by atoms with E-state index in [2.05, 4.69) is 38.3 Å². The van der Waals surface area contributed by atoms with Crippen molar-refractivity contribution in [2.75, 3.05) is 5.32 Å². The molecule has 0 saturated heterocycles. The van der Waals surface area contributed by atoms with Crippen molar-refractivity contribution in [2.24, 2.45) is 5.92 Å². The zero-order chi connectivity index (χ0) is 11.8. The number of fused-ring (bicyclic) bond motifs is 1. The molecular formula is C12H15BrN4. The van der Waals surface area contributed by atoms with Gasteiger partial charge in [-0.15, -0.1) is 5.10 Å². The van der Waals surface area contributed by atoms with Crippen LogP contribution in [0.5, 0.6) is 0 Å². The van der Waals surface area contributed by atoms with E-state index in [1.807, 2.05) is 18.3 Å². The van der Waals surface area contributed by atoms with Gasteiger partial charge < -0.3 is 5.32 Å². The Hall–Kier alpha value is -1.10. The molecule has 4 nitrogen and oxygen atoms in total. The third-order valence-corrected chi connectivity index (χ3v) is 4.15. The molecule has 1 N–H and O–H groups in total. The van der Waals surface area contributed by atoms with Crippen LogP contribution in [0.3, 0.4) is 0 Å². The van der Waals surface area contributed by atoms with Crippen LogP contribution >= 0.6 is 15.9 Å². The van der Waals surface area contributed by atoms with Crippen molar-refractivity contribution in [3.8, 4) is 0 Å². The molecule has 1 aliphatic carbocycles. The molecule has 2 aromatic heterocycles. The smallest absolute Gasteiger partial charge is 0.243 e. The van der Waals surface area contributed by atoms with Gasteiger partial charge in [-0.2, -0.15) is 4.98 Å². The van der Waals surface area contributed by atoms with Crippen molar-refractivity contribution in [3.05, 3.63) is 22.8 Å². The molecule has 2 heterocycles. The number of aromatic nitrogens is 3. The summed E-state index contributed by atoms with van der Waals surface area (Å²) in [6.45, 7) is 2.21. The number of nitrogens with one attached hydrogen (secondary N) is 1. The highest BCUT2D eigenvalue weighted by Crippen LogP contribution is 2.30. The molecule has 1 unspecified atom stereocenters. The monoisotopic (exact) mass is 294 g/mol. The van der Waals surface area contributed by atoms with E-state index >= 15 is 0 Å². The molecule has 0 bridgehead atoms. The Bertz CT molecular complexity index is 532. The minimum atomic E-state index is 0.458. The molecule has 90 valence electrons. The van der Waals surface area contributed by atoms with Gasteiger partial charge in [-0.05, 0) is 53.7 Å². The molecule has 1 atom stereocenters. The van der Waals surface area contributed by atoms with Gasteiger partial charge in [-0.1, -0.05) is 6.42 Å². The van der Waals surface area contributed by atoms with Crippen molar-refractivity contribution in [3.63, 3.8) is 0 Å². The quantitative estimate of drug-likeness (QED) is 0.946. The molecule has 1 aliphatic rings. The summed E-state index contributed by atoms with van der Waals surface area (Å²) in [4.78, 5) is 4.49. The number of anilines is 1. The van der Waals surface area contributed by atoms with Crippen molar-refractivity contribution < 1.29 is 0 Å². The van der Waals surface area contributed by atoms with Crippen LogP contribution < -0.4 is 5.32 Å². The fourth-order valence-corrected chi connectivity index (χ4v) is 2.62. The van der Waals surface area contributed by atoms with Crippen LogP contribution in [-0.4, -0.2) is 20.6 Å². The van der Waals surface area contributed by atoms with Gasteiger partial charge in [0.2, 0.25) is 5.95 Å². The molecule has 17 heavy (non-hydrogen) atoms. The maximum absolute atomic E-state index is 4.49. The summed E-state index contributed by atoms with van der Waals surface area (Å²) in [5.74, 6) is 1.50. The molecule has 0 amide bonds. The largest absolute Gasteiger partial charge is 0.350 e. The molecule has 1 saturated carbocycles. The fraction of sp³-hybridized carbons (Fsp3) is 0.500. The van der Waals surface area contributed by atoms with Gasteiger partial charge in [0.1, 0.15) is 0 Å². The first kappa shape index (κ1) is 11.0. The first-order valence-electron chi connectivity index (χ1n) is 6.01. The lowest BCUT2D eigenvalue weighted by Gasteiger charge is -2.31. The minimum Gasteiger partial charge on any atom is -0.350 e. The summed E-state index contributed by atoms with van der Waals surface area (Å²) in [5.41, 5.74) is 0.857. The number of halogens is 1. The maximum atomic E-state index is 4.49. The Morgan fingerprint density at radius 1 is 1.53 bits per heavy atom. The average molecular weight is 295 g/mol. The molecule has 0 spiro atoms. The van der Waals surface area contributed by atoms with Gasteiger partial charge in [-0.3, -0.25) is 0 Å². The summed E-state index contributed by atoms with van der Waals surface area (Å²) >= 11 is 3.48. The lowest BCUT2D eigenvalue weighted by Crippen LogP contribution is -2.31. The predicted octanol–water partition coefficient (Wildman–Crippen LogP) is 3.09. The fourth-order valence-electron chi connectivity index (χ4n) is 2.20. The SMILES string of the molecule is CC(Nc1nc2c(Br)cccn2n1)C1CCC1. The van der Waals surface area contributed by atoms with Crippen LogP contribution in [0, 0.1) is 5.92 Å². The summed E-state index contributed by atoms with van der Waals surface area (Å²) in [6.07, 6.45) is 5.92. The van der Waals surface area contributed by atoms with E-state index in [9.17, 15) is 0 Å². The number of rotatable bonds is 3. The van der Waals surface area contributed by atoms with E-state index in [-0.39, 0.29) is 0 Å². The molecule has 0 aliphatic heterocycles. The Morgan fingerprint density at radius 3 is 3.00 bits per heavy atom. The van der Waals surface area contributed by atoms with Gasteiger partial charge in [0.25, 0.3) is 0 Å². The van der Waals surface area contributed by atoms with E-state index < -0.39 is 0 Å². The van der Waals surface area contributed by atoms with Crippen molar-refractivity contribution in [1.29, 1.82) is 0 Å². The number of pyridine rings is 1. The molecule has 1 fully saturated rings. The van der Waals surface area contributed by atoms with Crippen LogP contribution in [0.25, 0.3) is 5.65 Å². The second-order valence-corrected chi connectivity index (χ2v) is 5.54. The molecule has 0 radical (unpaired) electrons. The molecule has 2 aromatic rings. The summed E-state index contributed by atoms with van der Waals surface area (Å²) in [7, 11) is 0. The van der Waals surface area contributed by atoms with E-state index in [0.717, 1.165) is 22.0 Å². The maximum Gasteiger partial charge on any atom is 0.243 e. The van der Waals surface area contributed by atoms with Crippen molar-refractivity contribution >= 4 is 27.5 Å². The Kier molecular flexibility index (Phi) is 2.78. The summed E-state index contributed by atoms with van der Waals surface area (Å²) in [6, 6.07) is 4.38. The Balaban J connectivity index is 1.83. The van der Waals surface area contributed by atoms with Crippen LogP contribution in [0.4, 0.5) is 5.95 Å². The molecule has 0 aromatic carbocycles. The van der Waals surface area contributed by atoms with Crippen LogP contribution in [0.15, 0.2) is 22.8 Å². The van der Waals surface area contributed by atoms with Gasteiger partial charge in [0.05, 0.1) is 4.47 Å². The highest BCUT2D eigenvalue weighted by molar-refractivity contribution is 9.10. The Labute approximate surface area is 109 Å². The van der Waals surface area contributed by atoms with E-state index in [4.69, 9.17) is 0 Å². The van der Waals surface area contributed by atoms with Gasteiger partial charge >= 0.3 is 0 Å². The highest BCUT2D eigenvalue weighted by Gasteiger charge is 2.24. The lowest BCUT2D eigenvalue weighted by atomic mass is 9.80. The van der Waals surface area contributed by atoms with Crippen molar-refractivity contribution in [1.82, 2.24) is 14.6 Å². The summed E-state index contributed by atoms with van der Waals surface area (Å²) in [5, 5.41) is 7.82. The number of hydrogen-bond acceptors (Lipinski definition) is 3. The number of nitrogens with zero attached hydrogens (tertiary/aromatic N) is 3. The van der Waals surface area contributed by atoms with Crippen LogP contribution in [-0.2, 0) is 0 Å². The zero-order valence-electron chi connectivity index (χ0n) is 9.73. The van der Waals surface area contributed by atoms with E-state index in [1.54, 1.807) is 4.52 Å². The van der Waals surface area contributed by atoms with Gasteiger partial charge in [-0.25, -0.2) is 4.52 Å². The third-order valence-electron chi connectivity index (χ3n) is 3.53. The Morgan fingerprint density at radius 2 is 2.35 bits per heavy atom. The first-order chi connectivity index (χ1) is 8.24. The lowest BCUT2D eigenvalue weighted by molar-refractivity contribution is 0.284. The molecule has 5 heteroatoms. The van der Waals surface area contributed by atoms with Crippen molar-refractivity contribution in [2.45, 2.75) is 32.2 Å². The highest BCUT2D eigenvalue weighted by atomic mass is 79.9. The molecular weight excluding hydrogens is 280 g/mol. The number of hydrogen-bond donors (Lipinski definition) is 1. The normalized spacial score (nSPS) is 18.0. The summed E-state index contributed by atoms with van der Waals surface area (Å²) < 4.78 is 2.76. The second-order valence-electron chi connectivity index (χ2n) is 4.68. The average Bonchev–Trinajstić information content (AvgIpc) is 2.58. The standard InChI is InChI=1S/C12H15BrN4/c1-8(9-4-2-5-9)14-12-15-11-10(13)6-3-7-17(11)16-12/h3,6-9H,2,4-5H2,1H3,(H,14,16).